The minimum atomic E-state index is -3.61. The molecule has 5 nitrogen and oxygen atoms in total. The minimum Gasteiger partial charge on any atom is -0.382 e. The van der Waals surface area contributed by atoms with Crippen LogP contribution in [0.2, 0.25) is 0 Å². The SMILES string of the molecule is CC(Nc1ccc(S(N)(=O)=O)cc1)C1CCOC1. The van der Waals surface area contributed by atoms with E-state index in [9.17, 15) is 8.42 Å². The zero-order valence-corrected chi connectivity index (χ0v) is 11.1. The minimum absolute atomic E-state index is 0.130. The van der Waals surface area contributed by atoms with Gasteiger partial charge in [-0.1, -0.05) is 0 Å². The highest BCUT2D eigenvalue weighted by Gasteiger charge is 2.22. The molecule has 3 N–H and O–H groups in total. The number of hydrogen-bond donors (Lipinski definition) is 2. The van der Waals surface area contributed by atoms with Crippen molar-refractivity contribution in [2.75, 3.05) is 18.5 Å². The van der Waals surface area contributed by atoms with Gasteiger partial charge in [-0.2, -0.15) is 0 Å². The molecule has 2 atom stereocenters. The Morgan fingerprint density at radius 1 is 1.39 bits per heavy atom. The first kappa shape index (κ1) is 13.3. The molecule has 1 heterocycles. The van der Waals surface area contributed by atoms with Crippen molar-refractivity contribution < 1.29 is 13.2 Å². The van der Waals surface area contributed by atoms with Crippen LogP contribution >= 0.6 is 0 Å². The van der Waals surface area contributed by atoms with Gasteiger partial charge < -0.3 is 10.1 Å². The smallest absolute Gasteiger partial charge is 0.238 e. The molecule has 1 aliphatic rings. The Balaban J connectivity index is 2.02. The lowest BCUT2D eigenvalue weighted by Crippen LogP contribution is -2.26. The summed E-state index contributed by atoms with van der Waals surface area (Å²) in [5.41, 5.74) is 0.891. The van der Waals surface area contributed by atoms with Crippen molar-refractivity contribution >= 4 is 15.7 Å². The normalized spacial score (nSPS) is 21.8. The molecule has 100 valence electrons. The molecule has 0 aliphatic carbocycles. The second kappa shape index (κ2) is 5.26. The highest BCUT2D eigenvalue weighted by molar-refractivity contribution is 7.89. The number of sulfonamides is 1. The fraction of sp³-hybridized carbons (Fsp3) is 0.500. The maximum atomic E-state index is 11.1. The van der Waals surface area contributed by atoms with Crippen LogP contribution in [-0.4, -0.2) is 27.7 Å². The largest absolute Gasteiger partial charge is 0.382 e. The molecule has 0 amide bonds. The van der Waals surface area contributed by atoms with Gasteiger partial charge in [0.25, 0.3) is 0 Å². The summed E-state index contributed by atoms with van der Waals surface area (Å²) in [6, 6.07) is 6.77. The molecule has 0 spiro atoms. The van der Waals surface area contributed by atoms with E-state index in [2.05, 4.69) is 12.2 Å². The summed E-state index contributed by atoms with van der Waals surface area (Å²) in [5, 5.41) is 8.39. The molecule has 18 heavy (non-hydrogen) atoms. The Morgan fingerprint density at radius 2 is 2.06 bits per heavy atom. The fourth-order valence-electron chi connectivity index (χ4n) is 2.07. The standard InChI is InChI=1S/C12H18N2O3S/c1-9(10-6-7-17-8-10)14-11-2-4-12(5-3-11)18(13,15)16/h2-5,9-10,14H,6-8H2,1H3,(H2,13,15,16). The van der Waals surface area contributed by atoms with Gasteiger partial charge in [0.1, 0.15) is 0 Å². The van der Waals surface area contributed by atoms with E-state index in [1.165, 1.54) is 12.1 Å². The van der Waals surface area contributed by atoms with Crippen molar-refractivity contribution in [2.24, 2.45) is 11.1 Å². The second-order valence-corrected chi connectivity index (χ2v) is 6.19. The summed E-state index contributed by atoms with van der Waals surface area (Å²) < 4.78 is 27.6. The van der Waals surface area contributed by atoms with Crippen LogP contribution < -0.4 is 10.5 Å². The fourth-order valence-corrected chi connectivity index (χ4v) is 2.58. The quantitative estimate of drug-likeness (QED) is 0.860. The number of anilines is 1. The molecule has 0 saturated carbocycles. The monoisotopic (exact) mass is 270 g/mol. The van der Waals surface area contributed by atoms with Gasteiger partial charge in [0, 0.05) is 24.3 Å². The predicted octanol–water partition coefficient (Wildman–Crippen LogP) is 1.17. The van der Waals surface area contributed by atoms with Crippen LogP contribution in [0.25, 0.3) is 0 Å². The van der Waals surface area contributed by atoms with Gasteiger partial charge in [0.15, 0.2) is 0 Å². The molecular weight excluding hydrogens is 252 g/mol. The average Bonchev–Trinajstić information content (AvgIpc) is 2.82. The molecule has 1 saturated heterocycles. The van der Waals surface area contributed by atoms with Gasteiger partial charge in [-0.3, -0.25) is 0 Å². The van der Waals surface area contributed by atoms with Gasteiger partial charge in [-0.25, -0.2) is 13.6 Å². The first-order valence-electron chi connectivity index (χ1n) is 5.94. The Hall–Kier alpha value is -1.11. The first-order chi connectivity index (χ1) is 8.47. The van der Waals surface area contributed by atoms with Gasteiger partial charge in [-0.05, 0) is 37.6 Å². The molecular formula is C12H18N2O3S. The lowest BCUT2D eigenvalue weighted by Gasteiger charge is -2.20. The summed E-state index contributed by atoms with van der Waals surface area (Å²) in [7, 11) is -3.61. The maximum Gasteiger partial charge on any atom is 0.238 e. The highest BCUT2D eigenvalue weighted by atomic mass is 32.2. The summed E-state index contributed by atoms with van der Waals surface area (Å²) >= 11 is 0. The lowest BCUT2D eigenvalue weighted by molar-refractivity contribution is 0.183. The predicted molar refractivity (Wildman–Crippen MR) is 69.8 cm³/mol. The van der Waals surface area contributed by atoms with Crippen LogP contribution in [0.4, 0.5) is 5.69 Å². The van der Waals surface area contributed by atoms with Crippen LogP contribution in [0.5, 0.6) is 0 Å². The van der Waals surface area contributed by atoms with E-state index in [-0.39, 0.29) is 4.90 Å². The third-order valence-corrected chi connectivity index (χ3v) is 4.18. The van der Waals surface area contributed by atoms with E-state index < -0.39 is 10.0 Å². The Kier molecular flexibility index (Phi) is 3.89. The highest BCUT2D eigenvalue weighted by Crippen LogP contribution is 2.21. The molecule has 0 aromatic heterocycles. The number of benzene rings is 1. The van der Waals surface area contributed by atoms with Crippen molar-refractivity contribution in [3.63, 3.8) is 0 Å². The summed E-state index contributed by atoms with van der Waals surface area (Å²) in [6.45, 7) is 3.71. The number of nitrogens with two attached hydrogens (primary N) is 1. The van der Waals surface area contributed by atoms with Crippen molar-refractivity contribution in [2.45, 2.75) is 24.3 Å². The summed E-state index contributed by atoms with van der Waals surface area (Å²) in [4.78, 5) is 0.130. The van der Waals surface area contributed by atoms with Gasteiger partial charge in [-0.15, -0.1) is 0 Å². The van der Waals surface area contributed by atoms with Crippen LogP contribution in [0.1, 0.15) is 13.3 Å². The van der Waals surface area contributed by atoms with Crippen molar-refractivity contribution in [3.8, 4) is 0 Å². The van der Waals surface area contributed by atoms with Crippen LogP contribution in [-0.2, 0) is 14.8 Å². The van der Waals surface area contributed by atoms with Crippen molar-refractivity contribution in [1.82, 2.24) is 0 Å². The maximum absolute atomic E-state index is 11.1. The van der Waals surface area contributed by atoms with Gasteiger partial charge >= 0.3 is 0 Å². The molecule has 0 bridgehead atoms. The zero-order chi connectivity index (χ0) is 13.2. The molecule has 1 fully saturated rings. The number of nitrogens with one attached hydrogen (secondary N) is 1. The van der Waals surface area contributed by atoms with Gasteiger partial charge in [0.2, 0.25) is 10.0 Å². The lowest BCUT2D eigenvalue weighted by atomic mass is 10.0. The molecule has 2 rings (SSSR count). The van der Waals surface area contributed by atoms with E-state index in [1.54, 1.807) is 12.1 Å². The molecule has 1 aromatic rings. The Morgan fingerprint density at radius 3 is 2.56 bits per heavy atom. The third-order valence-electron chi connectivity index (χ3n) is 3.25. The number of primary sulfonamides is 1. The second-order valence-electron chi connectivity index (χ2n) is 4.63. The average molecular weight is 270 g/mol. The van der Waals surface area contributed by atoms with Gasteiger partial charge in [0.05, 0.1) is 11.5 Å². The summed E-state index contributed by atoms with van der Waals surface area (Å²) in [6.07, 6.45) is 1.06. The van der Waals surface area contributed by atoms with E-state index in [0.29, 0.717) is 12.0 Å². The topological polar surface area (TPSA) is 81.4 Å². The van der Waals surface area contributed by atoms with Crippen molar-refractivity contribution in [1.29, 1.82) is 0 Å². The van der Waals surface area contributed by atoms with Crippen LogP contribution in [0.3, 0.4) is 0 Å². The Bertz CT molecular complexity index is 493. The van der Waals surface area contributed by atoms with Crippen molar-refractivity contribution in [3.05, 3.63) is 24.3 Å². The van der Waals surface area contributed by atoms with Crippen LogP contribution in [0.15, 0.2) is 29.2 Å². The summed E-state index contributed by atoms with van der Waals surface area (Å²) in [5.74, 6) is 0.503. The molecule has 1 aliphatic heterocycles. The number of ether oxygens (including phenoxy) is 1. The van der Waals surface area contributed by atoms with Crippen LogP contribution in [0, 0.1) is 5.92 Å². The van der Waals surface area contributed by atoms with E-state index in [1.807, 2.05) is 0 Å². The molecule has 1 aromatic carbocycles. The third kappa shape index (κ3) is 3.22. The molecule has 0 radical (unpaired) electrons. The molecule has 6 heteroatoms. The number of rotatable bonds is 4. The first-order valence-corrected chi connectivity index (χ1v) is 7.48. The van der Waals surface area contributed by atoms with E-state index >= 15 is 0 Å². The van der Waals surface area contributed by atoms with E-state index in [0.717, 1.165) is 25.3 Å². The molecule has 2 unspecified atom stereocenters. The van der Waals surface area contributed by atoms with E-state index in [4.69, 9.17) is 9.88 Å². The Labute approximate surface area is 107 Å². The zero-order valence-electron chi connectivity index (χ0n) is 10.3. The number of hydrogen-bond acceptors (Lipinski definition) is 4.